The highest BCUT2D eigenvalue weighted by Gasteiger charge is 2.08. The van der Waals surface area contributed by atoms with E-state index in [0.29, 0.717) is 12.0 Å². The van der Waals surface area contributed by atoms with Crippen LogP contribution in [0.5, 0.6) is 17.2 Å². The molecule has 0 aliphatic rings. The lowest BCUT2D eigenvalue weighted by Crippen LogP contribution is -1.85. The van der Waals surface area contributed by atoms with Crippen molar-refractivity contribution in [2.75, 3.05) is 0 Å². The van der Waals surface area contributed by atoms with Gasteiger partial charge in [-0.25, -0.2) is 0 Å². The van der Waals surface area contributed by atoms with Gasteiger partial charge in [0.25, 0.3) is 0 Å². The van der Waals surface area contributed by atoms with Crippen molar-refractivity contribution >= 4 is 0 Å². The van der Waals surface area contributed by atoms with Gasteiger partial charge in [0.05, 0.1) is 6.07 Å². The van der Waals surface area contributed by atoms with Crippen molar-refractivity contribution in [3.8, 4) is 17.2 Å². The lowest BCUT2D eigenvalue weighted by molar-refractivity contribution is 0.419. The van der Waals surface area contributed by atoms with Crippen LogP contribution in [0.25, 0.3) is 0 Å². The summed E-state index contributed by atoms with van der Waals surface area (Å²) in [6.07, 6.45) is 2.30. The third-order valence-corrected chi connectivity index (χ3v) is 1.83. The molecule has 3 heteroatoms. The highest BCUT2D eigenvalue weighted by Crippen LogP contribution is 2.31. The maximum absolute atomic E-state index is 9.42. The summed E-state index contributed by atoms with van der Waals surface area (Å²) in [6.45, 7) is 3.86. The lowest BCUT2D eigenvalue weighted by Gasteiger charge is -2.05. The van der Waals surface area contributed by atoms with E-state index >= 15 is 0 Å². The predicted octanol–water partition coefficient (Wildman–Crippen LogP) is 2.11. The van der Waals surface area contributed by atoms with Gasteiger partial charge in [0.2, 0.25) is 0 Å². The van der Waals surface area contributed by atoms with Crippen molar-refractivity contribution in [3.63, 3.8) is 0 Å². The van der Waals surface area contributed by atoms with Crippen LogP contribution < -0.4 is 0 Å². The van der Waals surface area contributed by atoms with Crippen LogP contribution in [-0.4, -0.2) is 15.3 Å². The second-order valence-corrected chi connectivity index (χ2v) is 3.35. The number of aromatic hydroxyl groups is 3. The van der Waals surface area contributed by atoms with E-state index in [1.54, 1.807) is 0 Å². The molecule has 0 saturated carbocycles. The van der Waals surface area contributed by atoms with E-state index < -0.39 is 0 Å². The Kier molecular flexibility index (Phi) is 3.02. The minimum absolute atomic E-state index is 0.115. The molecule has 0 fully saturated rings. The van der Waals surface area contributed by atoms with E-state index in [-0.39, 0.29) is 17.2 Å². The maximum atomic E-state index is 9.42. The number of phenolic OH excluding ortho intramolecular Hbond substituents is 3. The Balaban J connectivity index is 3.03. The van der Waals surface area contributed by atoms with Crippen LogP contribution in [0.1, 0.15) is 19.4 Å². The summed E-state index contributed by atoms with van der Waals surface area (Å²) in [4.78, 5) is 0. The van der Waals surface area contributed by atoms with E-state index in [1.165, 1.54) is 0 Å². The summed E-state index contributed by atoms with van der Waals surface area (Å²) < 4.78 is 0. The quantitative estimate of drug-likeness (QED) is 0.630. The summed E-state index contributed by atoms with van der Waals surface area (Å²) in [5.41, 5.74) is 1.47. The van der Waals surface area contributed by atoms with Crippen molar-refractivity contribution in [2.45, 2.75) is 20.3 Å². The van der Waals surface area contributed by atoms with Crippen LogP contribution in [-0.2, 0) is 6.42 Å². The molecule has 1 aromatic carbocycles. The molecule has 0 saturated heterocycles. The first-order chi connectivity index (χ1) is 6.50. The molecule has 0 amide bonds. The van der Waals surface area contributed by atoms with Gasteiger partial charge in [0.1, 0.15) is 17.2 Å². The maximum Gasteiger partial charge on any atom is 0.134 e. The molecule has 75 valence electrons. The Morgan fingerprint density at radius 2 is 2.00 bits per heavy atom. The minimum Gasteiger partial charge on any atom is -0.507 e. The minimum atomic E-state index is -0.263. The van der Waals surface area contributed by atoms with E-state index in [0.717, 1.165) is 11.6 Å². The normalized spacial score (nSPS) is 9.86. The average Bonchev–Trinajstić information content (AvgIpc) is 2.01. The van der Waals surface area contributed by atoms with E-state index in [9.17, 15) is 10.2 Å². The second kappa shape index (κ2) is 4.05. The fourth-order valence-corrected chi connectivity index (χ4v) is 1.08. The molecule has 0 aliphatic heterocycles. The molecular weight excluding hydrogens is 180 g/mol. The summed E-state index contributed by atoms with van der Waals surface area (Å²) in [5, 5.41) is 27.8. The van der Waals surface area contributed by atoms with Crippen molar-refractivity contribution in [3.05, 3.63) is 29.3 Å². The van der Waals surface area contributed by atoms with E-state index in [4.69, 9.17) is 5.11 Å². The number of hydrogen-bond acceptors (Lipinski definition) is 3. The first kappa shape index (κ1) is 10.4. The zero-order valence-electron chi connectivity index (χ0n) is 8.20. The first-order valence-corrected chi connectivity index (χ1v) is 4.30. The number of benzene rings is 1. The van der Waals surface area contributed by atoms with Crippen molar-refractivity contribution in [1.29, 1.82) is 0 Å². The average molecular weight is 193 g/mol. The zero-order valence-corrected chi connectivity index (χ0v) is 8.20. The van der Waals surface area contributed by atoms with Crippen LogP contribution in [0.3, 0.4) is 0 Å². The summed E-state index contributed by atoms with van der Waals surface area (Å²) in [5.74, 6) is -0.586. The molecule has 1 radical (unpaired) electrons. The van der Waals surface area contributed by atoms with Crippen LogP contribution in [0.4, 0.5) is 0 Å². The highest BCUT2D eigenvalue weighted by molar-refractivity contribution is 5.48. The molecule has 0 bridgehead atoms. The van der Waals surface area contributed by atoms with Crippen LogP contribution >= 0.6 is 0 Å². The zero-order chi connectivity index (χ0) is 10.7. The van der Waals surface area contributed by atoms with Gasteiger partial charge >= 0.3 is 0 Å². The molecule has 0 aromatic heterocycles. The third kappa shape index (κ3) is 2.42. The molecule has 0 heterocycles. The molecule has 3 nitrogen and oxygen atoms in total. The van der Waals surface area contributed by atoms with Gasteiger partial charge in [-0.2, -0.15) is 0 Å². The molecule has 1 rings (SSSR count). The topological polar surface area (TPSA) is 60.7 Å². The number of allylic oxidation sites excluding steroid dienone is 2. The number of hydrogen-bond donors (Lipinski definition) is 3. The lowest BCUT2D eigenvalue weighted by atomic mass is 10.1. The summed E-state index contributed by atoms with van der Waals surface area (Å²) >= 11 is 0. The Morgan fingerprint density at radius 1 is 1.36 bits per heavy atom. The summed E-state index contributed by atoms with van der Waals surface area (Å²) in [6, 6.07) is 3.49. The Hall–Kier alpha value is -1.64. The molecule has 0 aliphatic carbocycles. The second-order valence-electron chi connectivity index (χ2n) is 3.35. The molecular formula is C11H13O3. The van der Waals surface area contributed by atoms with Crippen LogP contribution in [0.15, 0.2) is 17.7 Å². The van der Waals surface area contributed by atoms with Gasteiger partial charge < -0.3 is 15.3 Å². The van der Waals surface area contributed by atoms with Crippen LogP contribution in [0.2, 0.25) is 0 Å². The fraction of sp³-hybridized carbons (Fsp3) is 0.273. The Labute approximate surface area is 82.9 Å². The van der Waals surface area contributed by atoms with Crippen molar-refractivity contribution in [1.82, 2.24) is 0 Å². The van der Waals surface area contributed by atoms with Gasteiger partial charge in [0.15, 0.2) is 0 Å². The van der Waals surface area contributed by atoms with Gasteiger partial charge in [-0.1, -0.05) is 11.6 Å². The molecule has 3 N–H and O–H groups in total. The van der Waals surface area contributed by atoms with E-state index in [1.807, 2.05) is 19.9 Å². The third-order valence-electron chi connectivity index (χ3n) is 1.83. The number of phenols is 3. The fourth-order valence-electron chi connectivity index (χ4n) is 1.08. The van der Waals surface area contributed by atoms with Gasteiger partial charge in [-0.15, -0.1) is 0 Å². The first-order valence-electron chi connectivity index (χ1n) is 4.30. The highest BCUT2D eigenvalue weighted by atomic mass is 16.3. The largest absolute Gasteiger partial charge is 0.507 e. The monoisotopic (exact) mass is 193 g/mol. The van der Waals surface area contributed by atoms with Crippen molar-refractivity contribution < 1.29 is 15.3 Å². The van der Waals surface area contributed by atoms with Crippen LogP contribution in [0, 0.1) is 6.07 Å². The molecule has 0 spiro atoms. The van der Waals surface area contributed by atoms with Gasteiger partial charge in [-0.05, 0) is 20.3 Å². The number of rotatable bonds is 2. The molecule has 1 aromatic rings. The molecule has 0 unspecified atom stereocenters. The Morgan fingerprint density at radius 3 is 2.50 bits per heavy atom. The molecule has 0 atom stereocenters. The van der Waals surface area contributed by atoms with E-state index in [2.05, 4.69) is 6.07 Å². The summed E-state index contributed by atoms with van der Waals surface area (Å²) in [7, 11) is 0. The SMILES string of the molecule is CC(C)=CCc1c(O)[c]c(O)cc1O. The molecule has 14 heavy (non-hydrogen) atoms. The Bertz CT molecular complexity index is 340. The van der Waals surface area contributed by atoms with Gasteiger partial charge in [-0.3, -0.25) is 0 Å². The van der Waals surface area contributed by atoms with Gasteiger partial charge in [0, 0.05) is 11.6 Å². The standard InChI is InChI=1S/C11H13O3/c1-7(2)3-4-9-10(13)5-8(12)6-11(9)14/h3,5,12-14H,4H2,1-2H3. The predicted molar refractivity (Wildman–Crippen MR) is 53.4 cm³/mol. The smallest absolute Gasteiger partial charge is 0.134 e. The van der Waals surface area contributed by atoms with Crippen molar-refractivity contribution in [2.24, 2.45) is 0 Å².